The number of aliphatic hydroxyl groups is 1. The van der Waals surface area contributed by atoms with E-state index in [1.165, 1.54) is 6.07 Å². The maximum Gasteiger partial charge on any atom is 0.234 e. The van der Waals surface area contributed by atoms with Crippen LogP contribution < -0.4 is 10.1 Å². The Labute approximate surface area is 134 Å². The van der Waals surface area contributed by atoms with E-state index in [1.54, 1.807) is 0 Å². The Bertz CT molecular complexity index is 542. The number of nitrogens with one attached hydrogen (secondary N) is 1. The quantitative estimate of drug-likeness (QED) is 0.792. The molecule has 2 N–H and O–H groups in total. The molecule has 1 aliphatic heterocycles. The lowest BCUT2D eigenvalue weighted by Crippen LogP contribution is -2.42. The van der Waals surface area contributed by atoms with Crippen LogP contribution in [0.2, 0.25) is 0 Å². The SMILES string of the molecule is CC1CCCN1CC(=O)NCC(O)COc1ccc(F)c(F)c1. The molecule has 0 saturated carbocycles. The molecule has 1 aliphatic rings. The summed E-state index contributed by atoms with van der Waals surface area (Å²) < 4.78 is 30.9. The highest BCUT2D eigenvalue weighted by Gasteiger charge is 2.22. The van der Waals surface area contributed by atoms with Crippen molar-refractivity contribution in [1.82, 2.24) is 10.2 Å². The van der Waals surface area contributed by atoms with E-state index in [1.807, 2.05) is 0 Å². The van der Waals surface area contributed by atoms with Crippen molar-refractivity contribution < 1.29 is 23.4 Å². The summed E-state index contributed by atoms with van der Waals surface area (Å²) >= 11 is 0. The fourth-order valence-corrected chi connectivity index (χ4v) is 2.52. The van der Waals surface area contributed by atoms with Crippen LogP contribution in [0.5, 0.6) is 5.75 Å². The standard InChI is InChI=1S/C16H22F2N2O3/c1-11-3-2-6-20(11)9-16(22)19-8-12(21)10-23-13-4-5-14(17)15(18)7-13/h4-5,7,11-12,21H,2-3,6,8-10H2,1H3,(H,19,22). The van der Waals surface area contributed by atoms with Gasteiger partial charge in [-0.1, -0.05) is 0 Å². The maximum atomic E-state index is 13.0. The van der Waals surface area contributed by atoms with Crippen LogP contribution in [0.15, 0.2) is 18.2 Å². The number of aliphatic hydroxyl groups excluding tert-OH is 1. The van der Waals surface area contributed by atoms with Crippen molar-refractivity contribution in [1.29, 1.82) is 0 Å². The Morgan fingerprint density at radius 1 is 1.48 bits per heavy atom. The van der Waals surface area contributed by atoms with Crippen LogP contribution in [0.3, 0.4) is 0 Å². The summed E-state index contributed by atoms with van der Waals surface area (Å²) in [5, 5.41) is 12.4. The maximum absolute atomic E-state index is 13.0. The van der Waals surface area contributed by atoms with Crippen LogP contribution >= 0.6 is 0 Å². The van der Waals surface area contributed by atoms with Gasteiger partial charge in [-0.3, -0.25) is 9.69 Å². The average Bonchev–Trinajstić information content (AvgIpc) is 2.91. The number of likely N-dealkylation sites (tertiary alicyclic amines) is 1. The molecular weight excluding hydrogens is 306 g/mol. The lowest BCUT2D eigenvalue weighted by molar-refractivity contribution is -0.122. The summed E-state index contributed by atoms with van der Waals surface area (Å²) in [4.78, 5) is 13.9. The molecule has 2 rings (SSSR count). The third-order valence-corrected chi connectivity index (χ3v) is 3.91. The zero-order valence-corrected chi connectivity index (χ0v) is 13.1. The first-order valence-corrected chi connectivity index (χ1v) is 7.72. The molecule has 2 unspecified atom stereocenters. The second kappa shape index (κ2) is 8.21. The van der Waals surface area contributed by atoms with Crippen LogP contribution in [-0.2, 0) is 4.79 Å². The molecule has 1 heterocycles. The largest absolute Gasteiger partial charge is 0.491 e. The van der Waals surface area contributed by atoms with Gasteiger partial charge in [-0.25, -0.2) is 8.78 Å². The summed E-state index contributed by atoms with van der Waals surface area (Å²) in [5.41, 5.74) is 0. The van der Waals surface area contributed by atoms with Crippen molar-refractivity contribution in [3.05, 3.63) is 29.8 Å². The smallest absolute Gasteiger partial charge is 0.234 e. The highest BCUT2D eigenvalue weighted by molar-refractivity contribution is 5.78. The minimum atomic E-state index is -1.01. The number of benzene rings is 1. The molecule has 5 nitrogen and oxygen atoms in total. The Morgan fingerprint density at radius 3 is 2.91 bits per heavy atom. The first kappa shape index (κ1) is 17.6. The van der Waals surface area contributed by atoms with E-state index >= 15 is 0 Å². The Hall–Kier alpha value is -1.73. The van der Waals surface area contributed by atoms with Gasteiger partial charge in [0.1, 0.15) is 18.5 Å². The Morgan fingerprint density at radius 2 is 2.26 bits per heavy atom. The van der Waals surface area contributed by atoms with Crippen molar-refractivity contribution in [2.75, 3.05) is 26.2 Å². The lowest BCUT2D eigenvalue weighted by Gasteiger charge is -2.20. The monoisotopic (exact) mass is 328 g/mol. The van der Waals surface area contributed by atoms with Crippen LogP contribution in [0.25, 0.3) is 0 Å². The van der Waals surface area contributed by atoms with Crippen LogP contribution in [0.1, 0.15) is 19.8 Å². The third-order valence-electron chi connectivity index (χ3n) is 3.91. The van der Waals surface area contributed by atoms with Gasteiger partial charge in [0.25, 0.3) is 0 Å². The summed E-state index contributed by atoms with van der Waals surface area (Å²) in [7, 11) is 0. The Kier molecular flexibility index (Phi) is 6.29. The molecule has 2 atom stereocenters. The number of carbonyl (C=O) groups is 1. The van der Waals surface area contributed by atoms with E-state index in [2.05, 4.69) is 17.1 Å². The third kappa shape index (κ3) is 5.44. The van der Waals surface area contributed by atoms with Crippen LogP contribution in [0.4, 0.5) is 8.78 Å². The van der Waals surface area contributed by atoms with Crippen molar-refractivity contribution in [3.63, 3.8) is 0 Å². The highest BCUT2D eigenvalue weighted by atomic mass is 19.2. The van der Waals surface area contributed by atoms with Crippen molar-refractivity contribution in [3.8, 4) is 5.75 Å². The van der Waals surface area contributed by atoms with Gasteiger partial charge in [0.15, 0.2) is 11.6 Å². The molecule has 0 bridgehead atoms. The first-order chi connectivity index (χ1) is 11.0. The van der Waals surface area contributed by atoms with Crippen molar-refractivity contribution >= 4 is 5.91 Å². The fraction of sp³-hybridized carbons (Fsp3) is 0.562. The van der Waals surface area contributed by atoms with Gasteiger partial charge in [0.05, 0.1) is 6.54 Å². The molecule has 0 radical (unpaired) electrons. The normalized spacial score (nSPS) is 19.6. The summed E-state index contributed by atoms with van der Waals surface area (Å²) in [5.74, 6) is -1.99. The molecule has 0 aliphatic carbocycles. The number of carbonyl (C=O) groups excluding carboxylic acids is 1. The van der Waals surface area contributed by atoms with Gasteiger partial charge < -0.3 is 15.2 Å². The second-order valence-electron chi connectivity index (χ2n) is 5.81. The van der Waals surface area contributed by atoms with E-state index in [0.29, 0.717) is 12.6 Å². The molecule has 1 aromatic carbocycles. The molecule has 1 saturated heterocycles. The van der Waals surface area contributed by atoms with Gasteiger partial charge in [-0.05, 0) is 38.4 Å². The minimum Gasteiger partial charge on any atom is -0.491 e. The van der Waals surface area contributed by atoms with E-state index in [-0.39, 0.29) is 24.8 Å². The molecule has 0 aromatic heterocycles. The predicted octanol–water partition coefficient (Wildman–Crippen LogP) is 1.30. The van der Waals surface area contributed by atoms with Crippen molar-refractivity contribution in [2.24, 2.45) is 0 Å². The molecule has 128 valence electrons. The number of rotatable bonds is 7. The van der Waals surface area contributed by atoms with E-state index in [0.717, 1.165) is 31.5 Å². The van der Waals surface area contributed by atoms with Gasteiger partial charge in [0, 0.05) is 18.7 Å². The number of amides is 1. The van der Waals surface area contributed by atoms with E-state index in [9.17, 15) is 18.7 Å². The van der Waals surface area contributed by atoms with Gasteiger partial charge >= 0.3 is 0 Å². The van der Waals surface area contributed by atoms with Gasteiger partial charge in [0.2, 0.25) is 5.91 Å². The zero-order chi connectivity index (χ0) is 16.8. The molecule has 1 fully saturated rings. The summed E-state index contributed by atoms with van der Waals surface area (Å²) in [6.45, 7) is 3.25. The zero-order valence-electron chi connectivity index (χ0n) is 13.1. The second-order valence-corrected chi connectivity index (χ2v) is 5.81. The molecule has 1 amide bonds. The topological polar surface area (TPSA) is 61.8 Å². The van der Waals surface area contributed by atoms with Crippen molar-refractivity contribution in [2.45, 2.75) is 31.9 Å². The minimum absolute atomic E-state index is 0.0464. The molecular formula is C16H22F2N2O3. The number of hydrogen-bond acceptors (Lipinski definition) is 4. The van der Waals surface area contributed by atoms with Crippen LogP contribution in [-0.4, -0.2) is 54.3 Å². The number of halogens is 2. The van der Waals surface area contributed by atoms with E-state index < -0.39 is 17.7 Å². The molecule has 7 heteroatoms. The fourth-order valence-electron chi connectivity index (χ4n) is 2.52. The summed E-state index contributed by atoms with van der Waals surface area (Å²) in [6, 6.07) is 3.55. The predicted molar refractivity (Wildman–Crippen MR) is 81.1 cm³/mol. The first-order valence-electron chi connectivity index (χ1n) is 7.72. The Balaban J connectivity index is 1.67. The summed E-state index contributed by atoms with van der Waals surface area (Å²) in [6.07, 6.45) is 1.26. The van der Waals surface area contributed by atoms with Gasteiger partial charge in [-0.2, -0.15) is 0 Å². The lowest BCUT2D eigenvalue weighted by atomic mass is 10.2. The number of hydrogen-bond donors (Lipinski definition) is 2. The molecule has 1 aromatic rings. The van der Waals surface area contributed by atoms with E-state index in [4.69, 9.17) is 4.74 Å². The van der Waals surface area contributed by atoms with Crippen LogP contribution in [0, 0.1) is 11.6 Å². The highest BCUT2D eigenvalue weighted by Crippen LogP contribution is 2.16. The molecule has 0 spiro atoms. The van der Waals surface area contributed by atoms with Gasteiger partial charge in [-0.15, -0.1) is 0 Å². The molecule has 23 heavy (non-hydrogen) atoms. The number of ether oxygens (including phenoxy) is 1. The average molecular weight is 328 g/mol. The number of nitrogens with zero attached hydrogens (tertiary/aromatic N) is 1.